The largest absolute Gasteiger partial charge is 0.461 e. The number of likely N-dealkylation sites (tertiary alicyclic amines) is 1. The Morgan fingerprint density at radius 1 is 1.10 bits per heavy atom. The van der Waals surface area contributed by atoms with Gasteiger partial charge in [0, 0.05) is 66.4 Å². The monoisotopic (exact) mass is 708 g/mol. The lowest BCUT2D eigenvalue weighted by molar-refractivity contribution is -0.124. The molecular formula is C38H38ClFN8O3. The van der Waals surface area contributed by atoms with E-state index in [1.54, 1.807) is 23.2 Å². The summed E-state index contributed by atoms with van der Waals surface area (Å²) in [6, 6.07) is 11.3. The fraction of sp³-hybridized carbons (Fsp3) is 0.421. The molecule has 9 rings (SSSR count). The molecule has 1 aliphatic carbocycles. The average Bonchev–Trinajstić information content (AvgIpc) is 3.49. The summed E-state index contributed by atoms with van der Waals surface area (Å²) in [5.74, 6) is 1.20. The fourth-order valence-corrected chi connectivity index (χ4v) is 8.48. The Bertz CT molecular complexity index is 2170. The second kappa shape index (κ2) is 12.8. The van der Waals surface area contributed by atoms with Crippen LogP contribution >= 0.6 is 11.6 Å². The Morgan fingerprint density at radius 2 is 1.90 bits per heavy atom. The number of rotatable bonds is 9. The molecule has 4 fully saturated rings. The molecule has 262 valence electrons. The third-order valence-electron chi connectivity index (χ3n) is 11.2. The number of nitrogens with zero attached hydrogens (tertiary/aromatic N) is 8. The first-order valence-electron chi connectivity index (χ1n) is 17.8. The molecule has 1 unspecified atom stereocenters. The molecule has 2 aromatic carbocycles. The van der Waals surface area contributed by atoms with Crippen molar-refractivity contribution in [1.82, 2.24) is 34.9 Å². The number of likely N-dealkylation sites (N-methyl/N-ethyl adjacent to an activating group) is 1. The lowest BCUT2D eigenvalue weighted by Crippen LogP contribution is -2.43. The molecule has 0 N–H and O–H groups in total. The van der Waals surface area contributed by atoms with E-state index in [2.05, 4.69) is 20.0 Å². The van der Waals surface area contributed by atoms with Crippen molar-refractivity contribution in [3.8, 4) is 17.3 Å². The maximum Gasteiger partial charge on any atom is 0.319 e. The van der Waals surface area contributed by atoms with Crippen molar-refractivity contribution in [2.75, 3.05) is 44.7 Å². The Kier molecular flexibility index (Phi) is 8.11. The van der Waals surface area contributed by atoms with Crippen LogP contribution in [-0.4, -0.2) is 92.2 Å². The van der Waals surface area contributed by atoms with Gasteiger partial charge in [0.15, 0.2) is 11.6 Å². The molecule has 5 aromatic rings. The highest BCUT2D eigenvalue weighted by atomic mass is 35.5. The minimum Gasteiger partial charge on any atom is -0.461 e. The molecule has 1 saturated carbocycles. The number of anilines is 1. The zero-order valence-corrected chi connectivity index (χ0v) is 29.2. The quantitative estimate of drug-likeness (QED) is 0.154. The molecule has 51 heavy (non-hydrogen) atoms. The second-order valence-electron chi connectivity index (χ2n) is 14.3. The SMILES string of the molecule is CN(c1nc(OCC23CCCN2CCC3)nc2c(F)c(-c3cccc4cccc(Cl)c34)ncc12)C1CCN(C(=O)/C=C/c2nc(C3CC3)no2)C1. The van der Waals surface area contributed by atoms with E-state index in [4.69, 9.17) is 30.8 Å². The van der Waals surface area contributed by atoms with Crippen molar-refractivity contribution >= 4 is 51.1 Å². The van der Waals surface area contributed by atoms with E-state index in [1.165, 1.54) is 6.08 Å². The summed E-state index contributed by atoms with van der Waals surface area (Å²) in [6.07, 6.45) is 11.9. The Morgan fingerprint density at radius 3 is 2.71 bits per heavy atom. The van der Waals surface area contributed by atoms with E-state index in [-0.39, 0.29) is 34.7 Å². The maximum atomic E-state index is 16.9. The van der Waals surface area contributed by atoms with Crippen LogP contribution in [-0.2, 0) is 4.79 Å². The van der Waals surface area contributed by atoms with Crippen LogP contribution in [0.1, 0.15) is 62.6 Å². The highest BCUT2D eigenvalue weighted by Gasteiger charge is 2.45. The summed E-state index contributed by atoms with van der Waals surface area (Å²) in [7, 11) is 1.92. The maximum absolute atomic E-state index is 16.9. The van der Waals surface area contributed by atoms with Crippen LogP contribution in [0.5, 0.6) is 6.01 Å². The van der Waals surface area contributed by atoms with E-state index >= 15 is 4.39 Å². The predicted molar refractivity (Wildman–Crippen MR) is 192 cm³/mol. The minimum atomic E-state index is -0.567. The van der Waals surface area contributed by atoms with Gasteiger partial charge in [0.05, 0.1) is 10.9 Å². The van der Waals surface area contributed by atoms with Crippen LogP contribution in [0.15, 0.2) is 53.2 Å². The summed E-state index contributed by atoms with van der Waals surface area (Å²) in [5.41, 5.74) is 0.835. The predicted octanol–water partition coefficient (Wildman–Crippen LogP) is 6.66. The van der Waals surface area contributed by atoms with Crippen LogP contribution in [0.2, 0.25) is 5.02 Å². The normalized spacial score (nSPS) is 20.2. The first kappa shape index (κ1) is 32.2. The number of carbonyl (C=O) groups is 1. The van der Waals surface area contributed by atoms with Crippen LogP contribution in [0.4, 0.5) is 10.2 Å². The van der Waals surface area contributed by atoms with Crippen molar-refractivity contribution in [2.45, 2.75) is 62.4 Å². The van der Waals surface area contributed by atoms with Crippen LogP contribution < -0.4 is 9.64 Å². The standard InChI is InChI=1S/C38H38ClFN8O3/c1-46(25-14-19-47(21-25)30(49)13-12-29-42-35(45-51-29)24-10-11-24)36-27-20-41-33(26-8-2-6-23-7-3-9-28(39)31(23)26)32(40)34(27)43-37(44-36)50-22-38-15-4-17-48(38)18-5-16-38/h2-3,6-9,12-13,20,24-25H,4-5,10-11,14-19,21-22H2,1H3/b13-12+. The molecule has 3 aromatic heterocycles. The number of halogens is 2. The molecule has 4 aliphatic rings. The summed E-state index contributed by atoms with van der Waals surface area (Å²) in [5, 5.41) is 6.62. The van der Waals surface area contributed by atoms with Gasteiger partial charge in [-0.1, -0.05) is 47.1 Å². The van der Waals surface area contributed by atoms with Gasteiger partial charge in [-0.15, -0.1) is 0 Å². The zero-order valence-electron chi connectivity index (χ0n) is 28.4. The number of ether oxygens (including phenoxy) is 1. The van der Waals surface area contributed by atoms with Gasteiger partial charge in [-0.2, -0.15) is 15.0 Å². The molecule has 13 heteroatoms. The lowest BCUT2D eigenvalue weighted by Gasteiger charge is -2.31. The van der Waals surface area contributed by atoms with Gasteiger partial charge in [-0.05, 0) is 69.5 Å². The van der Waals surface area contributed by atoms with Gasteiger partial charge in [0.2, 0.25) is 5.91 Å². The number of hydrogen-bond donors (Lipinski definition) is 0. The van der Waals surface area contributed by atoms with Crippen LogP contribution in [0.3, 0.4) is 0 Å². The molecule has 0 radical (unpaired) electrons. The van der Waals surface area contributed by atoms with E-state index < -0.39 is 5.82 Å². The molecule has 1 atom stereocenters. The van der Waals surface area contributed by atoms with E-state index in [0.717, 1.165) is 62.4 Å². The van der Waals surface area contributed by atoms with Gasteiger partial charge in [-0.3, -0.25) is 14.7 Å². The third kappa shape index (κ3) is 5.87. The summed E-state index contributed by atoms with van der Waals surface area (Å²) in [6.45, 7) is 3.59. The number of amides is 1. The highest BCUT2D eigenvalue weighted by molar-refractivity contribution is 6.36. The number of benzene rings is 2. The molecule has 3 saturated heterocycles. The Balaban J connectivity index is 1.04. The van der Waals surface area contributed by atoms with Gasteiger partial charge in [-0.25, -0.2) is 4.39 Å². The van der Waals surface area contributed by atoms with Gasteiger partial charge in [0.1, 0.15) is 23.6 Å². The highest BCUT2D eigenvalue weighted by Crippen LogP contribution is 2.41. The van der Waals surface area contributed by atoms with Crippen LogP contribution in [0, 0.1) is 5.82 Å². The molecule has 3 aliphatic heterocycles. The minimum absolute atomic E-state index is 0.0352. The average molecular weight is 709 g/mol. The van der Waals surface area contributed by atoms with Crippen molar-refractivity contribution in [3.63, 3.8) is 0 Å². The number of pyridine rings is 1. The first-order chi connectivity index (χ1) is 24.9. The first-order valence-corrected chi connectivity index (χ1v) is 18.2. The summed E-state index contributed by atoms with van der Waals surface area (Å²) < 4.78 is 28.6. The Labute approximate surface area is 299 Å². The summed E-state index contributed by atoms with van der Waals surface area (Å²) in [4.78, 5) is 38.1. The molecule has 1 amide bonds. The smallest absolute Gasteiger partial charge is 0.319 e. The second-order valence-corrected chi connectivity index (χ2v) is 14.7. The lowest BCUT2D eigenvalue weighted by atomic mass is 9.95. The van der Waals surface area contributed by atoms with Crippen molar-refractivity contribution in [3.05, 3.63) is 71.2 Å². The van der Waals surface area contributed by atoms with E-state index in [1.807, 2.05) is 42.3 Å². The third-order valence-corrected chi connectivity index (χ3v) is 11.5. The number of aromatic nitrogens is 5. The molecule has 11 nitrogen and oxygen atoms in total. The van der Waals surface area contributed by atoms with Crippen molar-refractivity contribution in [2.24, 2.45) is 0 Å². The van der Waals surface area contributed by atoms with Gasteiger partial charge < -0.3 is 19.1 Å². The molecule has 0 spiro atoms. The van der Waals surface area contributed by atoms with Gasteiger partial charge in [0.25, 0.3) is 5.89 Å². The van der Waals surface area contributed by atoms with Crippen molar-refractivity contribution < 1.29 is 18.4 Å². The summed E-state index contributed by atoms with van der Waals surface area (Å²) >= 11 is 6.64. The van der Waals surface area contributed by atoms with Crippen LogP contribution in [0.25, 0.3) is 39.0 Å². The number of carbonyl (C=O) groups excluding carboxylic acids is 1. The molecular weight excluding hydrogens is 671 g/mol. The fourth-order valence-electron chi connectivity index (χ4n) is 8.20. The van der Waals surface area contributed by atoms with E-state index in [0.29, 0.717) is 65.5 Å². The topological polar surface area (TPSA) is 114 Å². The van der Waals surface area contributed by atoms with E-state index in [9.17, 15) is 4.79 Å². The number of hydrogen-bond acceptors (Lipinski definition) is 10. The van der Waals surface area contributed by atoms with Gasteiger partial charge >= 0.3 is 6.01 Å². The Hall–Kier alpha value is -4.68. The zero-order chi connectivity index (χ0) is 34.7. The number of fused-ring (bicyclic) bond motifs is 3. The van der Waals surface area contributed by atoms with Crippen molar-refractivity contribution in [1.29, 1.82) is 0 Å². The molecule has 0 bridgehead atoms. The molecule has 6 heterocycles.